The Balaban J connectivity index is 2.08. The molecule has 0 atom stereocenters. The van der Waals surface area contributed by atoms with Gasteiger partial charge in [-0.1, -0.05) is 0 Å². The summed E-state index contributed by atoms with van der Waals surface area (Å²) in [6.07, 6.45) is 3.28. The van der Waals surface area contributed by atoms with Crippen LogP contribution in [0.15, 0.2) is 12.1 Å². The maximum absolute atomic E-state index is 11.7. The first kappa shape index (κ1) is 18.0. The Morgan fingerprint density at radius 3 is 2.54 bits per heavy atom. The molecular weight excluding hydrogens is 316 g/mol. The van der Waals surface area contributed by atoms with Gasteiger partial charge in [-0.2, -0.15) is 0 Å². The Morgan fingerprint density at radius 2 is 1.96 bits per heavy atom. The van der Waals surface area contributed by atoms with E-state index in [1.807, 2.05) is 0 Å². The predicted molar refractivity (Wildman–Crippen MR) is 86.8 cm³/mol. The third kappa shape index (κ3) is 4.35. The molecule has 1 aliphatic rings. The van der Waals surface area contributed by atoms with Crippen molar-refractivity contribution in [3.63, 3.8) is 0 Å². The Bertz CT molecular complexity index is 598. The van der Waals surface area contributed by atoms with E-state index in [9.17, 15) is 14.9 Å². The summed E-state index contributed by atoms with van der Waals surface area (Å²) in [5.74, 6) is -0.277. The molecule has 1 fully saturated rings. The number of hydrogen-bond donors (Lipinski definition) is 0. The van der Waals surface area contributed by atoms with Gasteiger partial charge in [0.1, 0.15) is 5.56 Å². The van der Waals surface area contributed by atoms with Gasteiger partial charge in [-0.05, 0) is 32.4 Å². The second kappa shape index (κ2) is 8.49. The van der Waals surface area contributed by atoms with Crippen LogP contribution in [0.25, 0.3) is 0 Å². The Morgan fingerprint density at radius 1 is 1.25 bits per heavy atom. The maximum atomic E-state index is 11.7. The van der Waals surface area contributed by atoms with E-state index in [-0.39, 0.29) is 22.7 Å². The number of nitrogens with zero attached hydrogens (tertiary/aromatic N) is 2. The van der Waals surface area contributed by atoms with E-state index in [4.69, 9.17) is 9.47 Å². The largest absolute Gasteiger partial charge is 0.493 e. The molecule has 2 rings (SSSR count). The summed E-state index contributed by atoms with van der Waals surface area (Å²) in [4.78, 5) is 24.6. The van der Waals surface area contributed by atoms with Crippen molar-refractivity contribution >= 4 is 11.7 Å². The maximum Gasteiger partial charge on any atom is 0.345 e. The van der Waals surface area contributed by atoms with Crippen molar-refractivity contribution in [1.29, 1.82) is 0 Å². The summed E-state index contributed by atoms with van der Waals surface area (Å²) in [7, 11) is 2.58. The highest BCUT2D eigenvalue weighted by atomic mass is 16.6. The van der Waals surface area contributed by atoms with Crippen molar-refractivity contribution < 1.29 is 23.9 Å². The highest BCUT2D eigenvalue weighted by molar-refractivity contribution is 5.94. The number of rotatable bonds is 8. The van der Waals surface area contributed by atoms with E-state index in [1.54, 1.807) is 0 Å². The molecule has 1 saturated heterocycles. The lowest BCUT2D eigenvalue weighted by Gasteiger charge is -2.15. The van der Waals surface area contributed by atoms with E-state index in [0.717, 1.165) is 26.1 Å². The number of esters is 1. The van der Waals surface area contributed by atoms with Crippen LogP contribution in [-0.4, -0.2) is 56.3 Å². The molecule has 1 aliphatic heterocycles. The van der Waals surface area contributed by atoms with E-state index >= 15 is 0 Å². The predicted octanol–water partition coefficient (Wildman–Crippen LogP) is 2.25. The number of benzene rings is 1. The third-order valence-electron chi connectivity index (χ3n) is 3.96. The Kier molecular flexibility index (Phi) is 6.36. The molecule has 8 nitrogen and oxygen atoms in total. The summed E-state index contributed by atoms with van der Waals surface area (Å²) in [6, 6.07) is 2.49. The summed E-state index contributed by atoms with van der Waals surface area (Å²) in [6.45, 7) is 3.58. The van der Waals surface area contributed by atoms with E-state index in [2.05, 4.69) is 9.64 Å². The van der Waals surface area contributed by atoms with Crippen molar-refractivity contribution in [2.75, 3.05) is 40.5 Å². The minimum absolute atomic E-state index is 0.163. The SMILES string of the molecule is COC(=O)c1cc(OC)c(OCCCN2CCCC2)cc1[N+](=O)[O-]. The van der Waals surface area contributed by atoms with Gasteiger partial charge in [0.25, 0.3) is 5.69 Å². The number of ether oxygens (including phenoxy) is 3. The summed E-state index contributed by atoms with van der Waals surface area (Å²) >= 11 is 0. The second-order valence-corrected chi connectivity index (χ2v) is 5.52. The zero-order chi connectivity index (χ0) is 17.5. The normalized spacial score (nSPS) is 14.4. The molecule has 132 valence electrons. The van der Waals surface area contributed by atoms with Gasteiger partial charge in [-0.3, -0.25) is 10.1 Å². The number of carbonyl (C=O) groups is 1. The molecule has 8 heteroatoms. The molecule has 1 heterocycles. The fourth-order valence-corrected chi connectivity index (χ4v) is 2.72. The van der Waals surface area contributed by atoms with Gasteiger partial charge in [0.05, 0.1) is 31.8 Å². The molecule has 0 saturated carbocycles. The van der Waals surface area contributed by atoms with Crippen molar-refractivity contribution in [2.45, 2.75) is 19.3 Å². The molecule has 0 radical (unpaired) electrons. The van der Waals surface area contributed by atoms with Gasteiger partial charge >= 0.3 is 5.97 Å². The molecule has 0 bridgehead atoms. The number of carbonyl (C=O) groups excluding carboxylic acids is 1. The minimum Gasteiger partial charge on any atom is -0.493 e. The number of nitro groups is 1. The van der Waals surface area contributed by atoms with Crippen molar-refractivity contribution in [3.05, 3.63) is 27.8 Å². The van der Waals surface area contributed by atoms with Crippen LogP contribution in [0.4, 0.5) is 5.69 Å². The summed E-state index contributed by atoms with van der Waals surface area (Å²) < 4.78 is 15.4. The van der Waals surface area contributed by atoms with Gasteiger partial charge in [0.15, 0.2) is 11.5 Å². The zero-order valence-electron chi connectivity index (χ0n) is 13.9. The molecule has 0 unspecified atom stereocenters. The standard InChI is InChI=1S/C16H22N2O6/c1-22-14-10-12(16(19)23-2)13(18(20)21)11-15(14)24-9-5-8-17-6-3-4-7-17/h10-11H,3-9H2,1-2H3. The lowest BCUT2D eigenvalue weighted by molar-refractivity contribution is -0.385. The number of nitro benzene ring substituents is 1. The first-order chi connectivity index (χ1) is 11.6. The molecule has 0 amide bonds. The van der Waals surface area contributed by atoms with Crippen LogP contribution in [0.5, 0.6) is 11.5 Å². The fourth-order valence-electron chi connectivity index (χ4n) is 2.72. The molecular formula is C16H22N2O6. The topological polar surface area (TPSA) is 91.1 Å². The second-order valence-electron chi connectivity index (χ2n) is 5.52. The van der Waals surface area contributed by atoms with Crippen LogP contribution >= 0.6 is 0 Å². The van der Waals surface area contributed by atoms with Crippen LogP contribution in [0.1, 0.15) is 29.6 Å². The van der Waals surface area contributed by atoms with Crippen molar-refractivity contribution in [1.82, 2.24) is 4.90 Å². The lowest BCUT2D eigenvalue weighted by atomic mass is 10.1. The molecule has 1 aromatic carbocycles. The smallest absolute Gasteiger partial charge is 0.345 e. The summed E-state index contributed by atoms with van der Waals surface area (Å²) in [5, 5.41) is 11.2. The van der Waals surface area contributed by atoms with E-state index in [1.165, 1.54) is 39.2 Å². The minimum atomic E-state index is -0.791. The molecule has 0 spiro atoms. The van der Waals surface area contributed by atoms with Crippen LogP contribution in [0, 0.1) is 10.1 Å². The lowest BCUT2D eigenvalue weighted by Crippen LogP contribution is -2.22. The quantitative estimate of drug-likeness (QED) is 0.311. The van der Waals surface area contributed by atoms with Crippen LogP contribution < -0.4 is 9.47 Å². The molecule has 0 N–H and O–H groups in total. The fraction of sp³-hybridized carbons (Fsp3) is 0.562. The van der Waals surface area contributed by atoms with Gasteiger partial charge in [-0.25, -0.2) is 4.79 Å². The third-order valence-corrected chi connectivity index (χ3v) is 3.96. The molecule has 0 aromatic heterocycles. The number of methoxy groups -OCH3 is 2. The van der Waals surface area contributed by atoms with Crippen LogP contribution in [0.3, 0.4) is 0 Å². The van der Waals surface area contributed by atoms with E-state index in [0.29, 0.717) is 6.61 Å². The number of hydrogen-bond acceptors (Lipinski definition) is 7. The average molecular weight is 338 g/mol. The Hall–Kier alpha value is -2.35. The molecule has 24 heavy (non-hydrogen) atoms. The molecule has 0 aliphatic carbocycles. The van der Waals surface area contributed by atoms with Crippen molar-refractivity contribution in [2.24, 2.45) is 0 Å². The highest BCUT2D eigenvalue weighted by Gasteiger charge is 2.25. The van der Waals surface area contributed by atoms with Crippen LogP contribution in [0.2, 0.25) is 0 Å². The van der Waals surface area contributed by atoms with Gasteiger partial charge < -0.3 is 19.1 Å². The van der Waals surface area contributed by atoms with Crippen LogP contribution in [-0.2, 0) is 4.74 Å². The summed E-state index contributed by atoms with van der Waals surface area (Å²) in [5.41, 5.74) is -0.527. The zero-order valence-corrected chi connectivity index (χ0v) is 13.9. The van der Waals surface area contributed by atoms with E-state index < -0.39 is 10.9 Å². The average Bonchev–Trinajstić information content (AvgIpc) is 3.10. The highest BCUT2D eigenvalue weighted by Crippen LogP contribution is 2.35. The van der Waals surface area contributed by atoms with Gasteiger partial charge in [-0.15, -0.1) is 0 Å². The van der Waals surface area contributed by atoms with Gasteiger partial charge in [0, 0.05) is 12.6 Å². The molecule has 1 aromatic rings. The first-order valence-electron chi connectivity index (χ1n) is 7.86. The number of likely N-dealkylation sites (tertiary alicyclic amines) is 1. The first-order valence-corrected chi connectivity index (χ1v) is 7.86. The van der Waals surface area contributed by atoms with Crippen molar-refractivity contribution in [3.8, 4) is 11.5 Å². The monoisotopic (exact) mass is 338 g/mol. The Labute approximate surface area is 140 Å². The van der Waals surface area contributed by atoms with Gasteiger partial charge in [0.2, 0.25) is 0 Å².